The molecule has 4 nitrogen and oxygen atoms in total. The van der Waals surface area contributed by atoms with Gasteiger partial charge in [0.15, 0.2) is 0 Å². The fourth-order valence-electron chi connectivity index (χ4n) is 2.27. The molecular formula is C11H21NO3. The molecule has 2 unspecified atom stereocenters. The Morgan fingerprint density at radius 2 is 2.27 bits per heavy atom. The lowest BCUT2D eigenvalue weighted by atomic mass is 9.77. The average Bonchev–Trinajstić information content (AvgIpc) is 2.18. The van der Waals surface area contributed by atoms with Crippen molar-refractivity contribution in [3.05, 3.63) is 0 Å². The van der Waals surface area contributed by atoms with Gasteiger partial charge in [-0.15, -0.1) is 0 Å². The monoisotopic (exact) mass is 215 g/mol. The Morgan fingerprint density at radius 3 is 2.87 bits per heavy atom. The van der Waals surface area contributed by atoms with Crippen molar-refractivity contribution >= 4 is 5.97 Å². The van der Waals surface area contributed by atoms with E-state index in [1.54, 1.807) is 14.0 Å². The summed E-state index contributed by atoms with van der Waals surface area (Å²) in [5.74, 6) is -0.219. The number of methoxy groups -OCH3 is 1. The largest absolute Gasteiger partial charge is 0.466 e. The van der Waals surface area contributed by atoms with Gasteiger partial charge in [0.25, 0.3) is 0 Å². The molecule has 1 aliphatic rings. The van der Waals surface area contributed by atoms with Gasteiger partial charge >= 0.3 is 5.97 Å². The topological polar surface area (TPSA) is 61.5 Å². The van der Waals surface area contributed by atoms with Crippen molar-refractivity contribution in [1.29, 1.82) is 0 Å². The highest BCUT2D eigenvalue weighted by molar-refractivity contribution is 5.71. The Hall–Kier alpha value is -0.610. The van der Waals surface area contributed by atoms with Crippen molar-refractivity contribution in [3.8, 4) is 0 Å². The van der Waals surface area contributed by atoms with Gasteiger partial charge in [0.2, 0.25) is 0 Å². The summed E-state index contributed by atoms with van der Waals surface area (Å²) in [6.07, 6.45) is 4.21. The first-order valence-electron chi connectivity index (χ1n) is 5.59. The fourth-order valence-corrected chi connectivity index (χ4v) is 2.27. The van der Waals surface area contributed by atoms with Gasteiger partial charge in [-0.2, -0.15) is 0 Å². The van der Waals surface area contributed by atoms with Crippen molar-refractivity contribution in [2.45, 2.75) is 50.7 Å². The van der Waals surface area contributed by atoms with Crippen LogP contribution in [0.15, 0.2) is 0 Å². The van der Waals surface area contributed by atoms with E-state index in [0.717, 1.165) is 25.7 Å². The van der Waals surface area contributed by atoms with Gasteiger partial charge in [-0.05, 0) is 19.8 Å². The fraction of sp³-hybridized carbons (Fsp3) is 0.909. The maximum Gasteiger partial charge on any atom is 0.307 e. The zero-order chi connectivity index (χ0) is 11.3. The number of ether oxygens (including phenoxy) is 2. The molecule has 2 N–H and O–H groups in total. The first kappa shape index (κ1) is 12.5. The predicted molar refractivity (Wildman–Crippen MR) is 57.4 cm³/mol. The Balaban J connectivity index is 2.57. The summed E-state index contributed by atoms with van der Waals surface area (Å²) in [7, 11) is 1.66. The Kier molecular flexibility index (Phi) is 4.54. The van der Waals surface area contributed by atoms with E-state index in [2.05, 4.69) is 0 Å². The highest BCUT2D eigenvalue weighted by Crippen LogP contribution is 2.31. The molecule has 0 saturated heterocycles. The molecule has 0 bridgehead atoms. The molecule has 0 aliphatic heterocycles. The number of carbonyl (C=O) groups excluding carboxylic acids is 1. The lowest BCUT2D eigenvalue weighted by Crippen LogP contribution is -2.55. The standard InChI is InChI=1S/C11H21NO3/c1-3-15-10(13)8-11(12)7-5-4-6-9(11)14-2/h9H,3-8,12H2,1-2H3. The second-order valence-electron chi connectivity index (χ2n) is 4.19. The van der Waals surface area contributed by atoms with Gasteiger partial charge in [-0.1, -0.05) is 12.8 Å². The molecule has 4 heteroatoms. The molecule has 1 saturated carbocycles. The van der Waals surface area contributed by atoms with Crippen molar-refractivity contribution in [3.63, 3.8) is 0 Å². The Labute approximate surface area is 91.1 Å². The van der Waals surface area contributed by atoms with Crippen molar-refractivity contribution < 1.29 is 14.3 Å². The maximum absolute atomic E-state index is 11.4. The molecule has 0 heterocycles. The second-order valence-corrected chi connectivity index (χ2v) is 4.19. The summed E-state index contributed by atoms with van der Waals surface area (Å²) >= 11 is 0. The summed E-state index contributed by atoms with van der Waals surface area (Å²) in [6, 6.07) is 0. The SMILES string of the molecule is CCOC(=O)CC1(N)CCCCC1OC. The molecule has 1 rings (SSSR count). The number of nitrogens with two attached hydrogens (primary N) is 1. The van der Waals surface area contributed by atoms with Gasteiger partial charge in [-0.3, -0.25) is 4.79 Å². The van der Waals surface area contributed by atoms with Gasteiger partial charge in [0.1, 0.15) is 0 Å². The normalized spacial score (nSPS) is 31.3. The number of carbonyl (C=O) groups is 1. The van der Waals surface area contributed by atoms with Gasteiger partial charge in [-0.25, -0.2) is 0 Å². The smallest absolute Gasteiger partial charge is 0.307 e. The van der Waals surface area contributed by atoms with Crippen LogP contribution in [0.5, 0.6) is 0 Å². The molecule has 15 heavy (non-hydrogen) atoms. The zero-order valence-corrected chi connectivity index (χ0v) is 9.62. The Morgan fingerprint density at radius 1 is 1.53 bits per heavy atom. The van der Waals surface area contributed by atoms with Crippen molar-refractivity contribution in [2.75, 3.05) is 13.7 Å². The third-order valence-electron chi connectivity index (χ3n) is 3.06. The van der Waals surface area contributed by atoms with E-state index >= 15 is 0 Å². The number of hydrogen-bond donors (Lipinski definition) is 1. The first-order chi connectivity index (χ1) is 7.12. The minimum Gasteiger partial charge on any atom is -0.466 e. The molecule has 1 aliphatic carbocycles. The lowest BCUT2D eigenvalue weighted by Gasteiger charge is -2.39. The molecule has 88 valence electrons. The maximum atomic E-state index is 11.4. The van der Waals surface area contributed by atoms with Crippen molar-refractivity contribution in [2.24, 2.45) is 5.73 Å². The molecule has 0 amide bonds. The van der Waals surface area contributed by atoms with E-state index in [-0.39, 0.29) is 18.5 Å². The number of rotatable bonds is 4. The van der Waals surface area contributed by atoms with Crippen LogP contribution >= 0.6 is 0 Å². The van der Waals surface area contributed by atoms with Crippen LogP contribution in [0.2, 0.25) is 0 Å². The molecule has 0 radical (unpaired) electrons. The quantitative estimate of drug-likeness (QED) is 0.716. The number of esters is 1. The molecule has 2 atom stereocenters. The van der Waals surface area contributed by atoms with E-state index in [9.17, 15) is 4.79 Å². The summed E-state index contributed by atoms with van der Waals surface area (Å²) in [5.41, 5.74) is 5.69. The van der Waals surface area contributed by atoms with Crippen LogP contribution in [-0.2, 0) is 14.3 Å². The summed E-state index contributed by atoms with van der Waals surface area (Å²) in [6.45, 7) is 2.21. The van der Waals surface area contributed by atoms with E-state index < -0.39 is 5.54 Å². The van der Waals surface area contributed by atoms with E-state index in [1.807, 2.05) is 0 Å². The van der Waals surface area contributed by atoms with Crippen molar-refractivity contribution in [1.82, 2.24) is 0 Å². The van der Waals surface area contributed by atoms with Gasteiger partial charge < -0.3 is 15.2 Å². The third-order valence-corrected chi connectivity index (χ3v) is 3.06. The lowest BCUT2D eigenvalue weighted by molar-refractivity contribution is -0.146. The molecule has 0 aromatic carbocycles. The van der Waals surface area contributed by atoms with Crippen LogP contribution in [0.25, 0.3) is 0 Å². The summed E-state index contributed by atoms with van der Waals surface area (Å²) in [5, 5.41) is 0. The summed E-state index contributed by atoms with van der Waals surface area (Å²) < 4.78 is 10.3. The highest BCUT2D eigenvalue weighted by atomic mass is 16.5. The third kappa shape index (κ3) is 3.18. The zero-order valence-electron chi connectivity index (χ0n) is 9.62. The number of hydrogen-bond acceptors (Lipinski definition) is 4. The van der Waals surface area contributed by atoms with E-state index in [1.165, 1.54) is 0 Å². The second kappa shape index (κ2) is 5.47. The minimum atomic E-state index is -0.529. The highest BCUT2D eigenvalue weighted by Gasteiger charge is 2.39. The minimum absolute atomic E-state index is 0.0179. The molecule has 1 fully saturated rings. The predicted octanol–water partition coefficient (Wildman–Crippen LogP) is 1.23. The molecule has 0 aromatic heterocycles. The van der Waals surface area contributed by atoms with Crippen LogP contribution in [0.4, 0.5) is 0 Å². The van der Waals surface area contributed by atoms with Crippen LogP contribution < -0.4 is 5.73 Å². The summed E-state index contributed by atoms with van der Waals surface area (Å²) in [4.78, 5) is 11.4. The molecule has 0 spiro atoms. The average molecular weight is 215 g/mol. The molecule has 0 aromatic rings. The Bertz CT molecular complexity index is 220. The van der Waals surface area contributed by atoms with Crippen LogP contribution in [-0.4, -0.2) is 31.3 Å². The van der Waals surface area contributed by atoms with Gasteiger partial charge in [0.05, 0.1) is 24.7 Å². The first-order valence-corrected chi connectivity index (χ1v) is 5.59. The van der Waals surface area contributed by atoms with E-state index in [4.69, 9.17) is 15.2 Å². The van der Waals surface area contributed by atoms with Gasteiger partial charge in [0, 0.05) is 7.11 Å². The molecular weight excluding hydrogens is 194 g/mol. The van der Waals surface area contributed by atoms with Crippen LogP contribution in [0.3, 0.4) is 0 Å². The van der Waals surface area contributed by atoms with E-state index in [0.29, 0.717) is 6.61 Å². The van der Waals surface area contributed by atoms with Crippen LogP contribution in [0, 0.1) is 0 Å². The van der Waals surface area contributed by atoms with Crippen LogP contribution in [0.1, 0.15) is 39.0 Å².